The van der Waals surface area contributed by atoms with Gasteiger partial charge in [0.1, 0.15) is 5.92 Å². The molecule has 0 bridgehead atoms. The van der Waals surface area contributed by atoms with Crippen LogP contribution in [-0.2, 0) is 9.59 Å². The largest absolute Gasteiger partial charge is 0.493 e. The van der Waals surface area contributed by atoms with Crippen LogP contribution in [0.5, 0.6) is 5.88 Å². The number of aromatic nitrogens is 2. The minimum Gasteiger partial charge on any atom is -0.493 e. The van der Waals surface area contributed by atoms with Crippen molar-refractivity contribution in [3.63, 3.8) is 0 Å². The number of carbonyl (C=O) groups excluding carboxylic acids is 2. The lowest BCUT2D eigenvalue weighted by atomic mass is 10.2. The van der Waals surface area contributed by atoms with E-state index in [9.17, 15) is 14.4 Å². The fourth-order valence-corrected chi connectivity index (χ4v) is 0.599. The van der Waals surface area contributed by atoms with Crippen LogP contribution in [0.1, 0.15) is 12.5 Å². The molecule has 94 valence electrons. The van der Waals surface area contributed by atoms with Crippen LogP contribution in [0.2, 0.25) is 0 Å². The third-order valence-corrected chi connectivity index (χ3v) is 1.91. The number of amides is 2. The number of hydrogen-bond donors (Lipinski definition) is 4. The molecular weight excluding hydrogens is 228 g/mol. The van der Waals surface area contributed by atoms with E-state index < -0.39 is 17.7 Å². The molecule has 0 fully saturated rings. The van der Waals surface area contributed by atoms with Gasteiger partial charge in [0.25, 0.3) is 5.56 Å². The summed E-state index contributed by atoms with van der Waals surface area (Å²) in [4.78, 5) is 36.5. The molecule has 0 spiro atoms. The second kappa shape index (κ2) is 6.26. The van der Waals surface area contributed by atoms with E-state index in [1.54, 1.807) is 0 Å². The molecule has 0 atom stereocenters. The molecule has 1 heterocycles. The Morgan fingerprint density at radius 2 is 1.88 bits per heavy atom. The molecule has 6 N–H and O–H groups in total. The molecule has 0 aliphatic rings. The molecule has 17 heavy (non-hydrogen) atoms. The topological polar surface area (TPSA) is 152 Å². The molecule has 2 amide bonds. The van der Waals surface area contributed by atoms with Crippen LogP contribution in [0, 0.1) is 12.8 Å². The molecule has 0 saturated heterocycles. The van der Waals surface area contributed by atoms with Gasteiger partial charge in [0.15, 0.2) is 0 Å². The quantitative estimate of drug-likeness (QED) is 0.459. The molecule has 0 aliphatic carbocycles. The fraction of sp³-hybridized carbons (Fsp3) is 0.333. The minimum atomic E-state index is -0.852. The van der Waals surface area contributed by atoms with Gasteiger partial charge in [-0.2, -0.15) is 0 Å². The Balaban J connectivity index is 0.000000304. The highest BCUT2D eigenvalue weighted by molar-refractivity contribution is 5.98. The summed E-state index contributed by atoms with van der Waals surface area (Å²) in [7, 11) is 0. The Morgan fingerprint density at radius 3 is 2.12 bits per heavy atom. The van der Waals surface area contributed by atoms with Gasteiger partial charge in [-0.1, -0.05) is 0 Å². The number of rotatable bonds is 2. The summed E-state index contributed by atoms with van der Waals surface area (Å²) in [6, 6.07) is 0. The first-order valence-electron chi connectivity index (χ1n) is 4.59. The molecule has 0 radical (unpaired) electrons. The van der Waals surface area contributed by atoms with E-state index in [-0.39, 0.29) is 17.0 Å². The van der Waals surface area contributed by atoms with Crippen LogP contribution in [-0.4, -0.2) is 26.9 Å². The van der Waals surface area contributed by atoms with E-state index in [0.29, 0.717) is 0 Å². The van der Waals surface area contributed by atoms with Crippen LogP contribution in [0.25, 0.3) is 0 Å². The average Bonchev–Trinajstić information content (AvgIpc) is 2.25. The Morgan fingerprint density at radius 1 is 1.41 bits per heavy atom. The first-order valence-corrected chi connectivity index (χ1v) is 4.59. The summed E-state index contributed by atoms with van der Waals surface area (Å²) in [5.74, 6) is -2.43. The Hall–Kier alpha value is -2.38. The molecule has 8 nitrogen and oxygen atoms in total. The van der Waals surface area contributed by atoms with E-state index in [2.05, 4.69) is 9.97 Å². The van der Waals surface area contributed by atoms with Crippen molar-refractivity contribution in [2.24, 2.45) is 17.4 Å². The van der Waals surface area contributed by atoms with Gasteiger partial charge in [0.05, 0.1) is 11.9 Å². The van der Waals surface area contributed by atoms with Crippen LogP contribution in [0.4, 0.5) is 0 Å². The second-order valence-corrected chi connectivity index (χ2v) is 3.21. The Labute approximate surface area is 96.7 Å². The van der Waals surface area contributed by atoms with Gasteiger partial charge in [-0.15, -0.1) is 0 Å². The van der Waals surface area contributed by atoms with Gasteiger partial charge in [-0.3, -0.25) is 14.4 Å². The van der Waals surface area contributed by atoms with Crippen molar-refractivity contribution < 1.29 is 14.7 Å². The number of primary amides is 2. The second-order valence-electron chi connectivity index (χ2n) is 3.21. The summed E-state index contributed by atoms with van der Waals surface area (Å²) in [5, 5.41) is 8.77. The number of aromatic hydroxyl groups is 1. The molecular formula is C9H14N4O4. The highest BCUT2D eigenvalue weighted by Gasteiger charge is 2.13. The van der Waals surface area contributed by atoms with E-state index in [4.69, 9.17) is 16.6 Å². The van der Waals surface area contributed by atoms with Gasteiger partial charge >= 0.3 is 0 Å². The molecule has 0 aromatic carbocycles. The van der Waals surface area contributed by atoms with Crippen molar-refractivity contribution in [1.29, 1.82) is 0 Å². The van der Waals surface area contributed by atoms with Crippen molar-refractivity contribution in [3.05, 3.63) is 22.2 Å². The van der Waals surface area contributed by atoms with Gasteiger partial charge < -0.3 is 21.6 Å². The van der Waals surface area contributed by atoms with Crippen molar-refractivity contribution in [1.82, 2.24) is 9.97 Å². The van der Waals surface area contributed by atoms with Crippen molar-refractivity contribution in [3.8, 4) is 5.88 Å². The van der Waals surface area contributed by atoms with Crippen LogP contribution in [0.3, 0.4) is 0 Å². The van der Waals surface area contributed by atoms with Crippen LogP contribution < -0.4 is 17.0 Å². The van der Waals surface area contributed by atoms with Crippen molar-refractivity contribution in [2.45, 2.75) is 13.8 Å². The summed E-state index contributed by atoms with van der Waals surface area (Å²) < 4.78 is 0. The summed E-state index contributed by atoms with van der Waals surface area (Å²) in [6.45, 7) is 2.87. The van der Waals surface area contributed by atoms with E-state index in [0.717, 1.165) is 6.33 Å². The highest BCUT2D eigenvalue weighted by Crippen LogP contribution is 2.01. The Bertz CT molecular complexity index is 454. The normalized spacial score (nSPS) is 9.35. The number of hydrogen-bond acceptors (Lipinski definition) is 5. The molecule has 8 heteroatoms. The van der Waals surface area contributed by atoms with Crippen LogP contribution in [0.15, 0.2) is 11.1 Å². The lowest BCUT2D eigenvalue weighted by Gasteiger charge is -1.97. The minimum absolute atomic E-state index is 0.209. The zero-order valence-corrected chi connectivity index (χ0v) is 9.43. The molecule has 1 rings (SSSR count). The lowest BCUT2D eigenvalue weighted by molar-refractivity contribution is -0.130. The average molecular weight is 242 g/mol. The van der Waals surface area contributed by atoms with Gasteiger partial charge in [-0.25, -0.2) is 4.98 Å². The number of nitrogens with one attached hydrogen (secondary N) is 1. The maximum absolute atomic E-state index is 10.6. The molecule has 0 unspecified atom stereocenters. The summed E-state index contributed by atoms with van der Waals surface area (Å²) in [6.07, 6.45) is 1.16. The monoisotopic (exact) mass is 242 g/mol. The first-order chi connectivity index (χ1) is 7.77. The molecule has 1 aromatic heterocycles. The molecule has 1 aromatic rings. The number of aromatic amines is 1. The fourth-order valence-electron chi connectivity index (χ4n) is 0.599. The zero-order valence-electron chi connectivity index (χ0n) is 9.43. The number of nitrogens with zero attached hydrogens (tertiary/aromatic N) is 1. The van der Waals surface area contributed by atoms with E-state index in [1.807, 2.05) is 0 Å². The summed E-state index contributed by atoms with van der Waals surface area (Å²) in [5.41, 5.74) is 9.34. The number of H-pyrrole nitrogens is 1. The van der Waals surface area contributed by atoms with E-state index in [1.165, 1.54) is 13.8 Å². The number of carbonyl (C=O) groups is 2. The van der Waals surface area contributed by atoms with Gasteiger partial charge in [0, 0.05) is 0 Å². The standard InChI is InChI=1S/C5H6N2O2.C4H8N2O2/c1-3-4(8)6-2-7-5(3)9;1-2(3(5)7)4(6)8/h2H,1H3,(H2,6,7,8,9);2H,1H3,(H2,5,7)(H2,6,8). The first kappa shape index (κ1) is 14.6. The van der Waals surface area contributed by atoms with Crippen LogP contribution >= 0.6 is 0 Å². The third kappa shape index (κ3) is 4.78. The maximum atomic E-state index is 10.6. The molecule has 0 aliphatic heterocycles. The smallest absolute Gasteiger partial charge is 0.257 e. The van der Waals surface area contributed by atoms with Crippen molar-refractivity contribution in [2.75, 3.05) is 0 Å². The number of nitrogens with two attached hydrogens (primary N) is 2. The van der Waals surface area contributed by atoms with Gasteiger partial charge in [0.2, 0.25) is 17.7 Å². The lowest BCUT2D eigenvalue weighted by Crippen LogP contribution is -2.32. The predicted octanol–water partition coefficient (Wildman–Crippen LogP) is -1.62. The Kier molecular flexibility index (Phi) is 5.38. The third-order valence-electron chi connectivity index (χ3n) is 1.91. The maximum Gasteiger partial charge on any atom is 0.257 e. The van der Waals surface area contributed by atoms with E-state index >= 15 is 0 Å². The SMILES string of the molecule is CC(C(N)=O)C(N)=O.Cc1c(O)nc[nH]c1=O. The predicted molar refractivity (Wildman–Crippen MR) is 58.8 cm³/mol. The zero-order chi connectivity index (χ0) is 13.6. The van der Waals surface area contributed by atoms with Gasteiger partial charge in [-0.05, 0) is 13.8 Å². The highest BCUT2D eigenvalue weighted by atomic mass is 16.3. The summed E-state index contributed by atoms with van der Waals surface area (Å²) >= 11 is 0. The molecule has 0 saturated carbocycles. The van der Waals surface area contributed by atoms with Crippen molar-refractivity contribution >= 4 is 11.8 Å².